The van der Waals surface area contributed by atoms with E-state index >= 15 is 0 Å². The topological polar surface area (TPSA) is 37.8 Å². The first-order valence-electron chi connectivity index (χ1n) is 8.21. The van der Waals surface area contributed by atoms with Crippen molar-refractivity contribution in [1.82, 2.24) is 9.97 Å². The molecule has 0 saturated carbocycles. The molecule has 3 nitrogen and oxygen atoms in total. The van der Waals surface area contributed by atoms with Gasteiger partial charge in [0.05, 0.1) is 5.39 Å². The van der Waals surface area contributed by atoms with Gasteiger partial charge in [0.1, 0.15) is 16.5 Å². The number of benzene rings is 2. The van der Waals surface area contributed by atoms with Gasteiger partial charge in [-0.25, -0.2) is 9.37 Å². The molecule has 0 fully saturated rings. The summed E-state index contributed by atoms with van der Waals surface area (Å²) in [5.74, 6) is 0.393. The molecule has 2 heterocycles. The largest absolute Gasteiger partial charge is 0.339 e. The van der Waals surface area contributed by atoms with Crippen molar-refractivity contribution in [2.45, 2.75) is 13.3 Å². The van der Waals surface area contributed by atoms with E-state index in [1.165, 1.54) is 29.0 Å². The fourth-order valence-corrected chi connectivity index (χ4v) is 4.09. The maximum absolute atomic E-state index is 13.3. The lowest BCUT2D eigenvalue weighted by Crippen LogP contribution is -1.99. The number of rotatable bonds is 4. The van der Waals surface area contributed by atoms with Gasteiger partial charge in [0, 0.05) is 16.6 Å². The lowest BCUT2D eigenvalue weighted by Gasteiger charge is -2.12. The Bertz CT molecular complexity index is 1080. The number of anilines is 2. The van der Waals surface area contributed by atoms with Crippen LogP contribution in [0.25, 0.3) is 21.3 Å². The first-order valence-corrected chi connectivity index (χ1v) is 9.47. The van der Waals surface area contributed by atoms with Crippen LogP contribution >= 0.6 is 22.9 Å². The first kappa shape index (κ1) is 16.9. The summed E-state index contributed by atoms with van der Waals surface area (Å²) < 4.78 is 13.3. The smallest absolute Gasteiger partial charge is 0.225 e. The van der Waals surface area contributed by atoms with Crippen LogP contribution in [0.4, 0.5) is 15.9 Å². The summed E-state index contributed by atoms with van der Waals surface area (Å²) >= 11 is 7.63. The number of aromatic nitrogens is 2. The van der Waals surface area contributed by atoms with Crippen molar-refractivity contribution in [1.29, 1.82) is 0 Å². The zero-order valence-electron chi connectivity index (χ0n) is 14.0. The number of fused-ring (bicyclic) bond motifs is 1. The predicted molar refractivity (Wildman–Crippen MR) is 107 cm³/mol. The van der Waals surface area contributed by atoms with E-state index in [2.05, 4.69) is 28.3 Å². The van der Waals surface area contributed by atoms with Crippen molar-refractivity contribution in [3.05, 3.63) is 70.6 Å². The number of halogens is 2. The monoisotopic (exact) mass is 383 g/mol. The standard InChI is InChI=1S/C20H15ClFN3S/c1-2-12-5-3-4-6-16(12)23-18-17-15(13-7-9-14(22)10-8-13)11-26-19(17)25-20(21)24-18/h3-11H,2H2,1H3,(H,23,24,25). The SMILES string of the molecule is CCc1ccccc1Nc1nc(Cl)nc2scc(-c3ccc(F)cc3)c12. The van der Waals surface area contributed by atoms with E-state index in [0.29, 0.717) is 5.82 Å². The molecule has 0 radical (unpaired) electrons. The maximum atomic E-state index is 13.3. The van der Waals surface area contributed by atoms with Gasteiger partial charge in [-0.2, -0.15) is 4.98 Å². The molecule has 0 spiro atoms. The maximum Gasteiger partial charge on any atom is 0.225 e. The van der Waals surface area contributed by atoms with E-state index in [0.717, 1.165) is 33.5 Å². The van der Waals surface area contributed by atoms with E-state index in [9.17, 15) is 4.39 Å². The molecule has 2 aromatic heterocycles. The van der Waals surface area contributed by atoms with Gasteiger partial charge in [-0.3, -0.25) is 0 Å². The molecule has 0 atom stereocenters. The van der Waals surface area contributed by atoms with Crippen molar-refractivity contribution in [2.24, 2.45) is 0 Å². The zero-order valence-corrected chi connectivity index (χ0v) is 15.5. The van der Waals surface area contributed by atoms with Crippen LogP contribution in [0.15, 0.2) is 53.9 Å². The summed E-state index contributed by atoms with van der Waals surface area (Å²) in [6, 6.07) is 14.5. The number of nitrogens with one attached hydrogen (secondary N) is 1. The van der Waals surface area contributed by atoms with Crippen LogP contribution in [-0.4, -0.2) is 9.97 Å². The third kappa shape index (κ3) is 3.16. The van der Waals surface area contributed by atoms with E-state index < -0.39 is 0 Å². The van der Waals surface area contributed by atoms with E-state index in [1.54, 1.807) is 12.1 Å². The molecular weight excluding hydrogens is 369 g/mol. The Labute approximate surface area is 159 Å². The predicted octanol–water partition coefficient (Wildman–Crippen LogP) is 6.46. The second-order valence-corrected chi connectivity index (χ2v) is 7.01. The molecule has 6 heteroatoms. The molecule has 4 rings (SSSR count). The van der Waals surface area contributed by atoms with Crippen LogP contribution in [-0.2, 0) is 6.42 Å². The number of hydrogen-bond donors (Lipinski definition) is 1. The molecule has 0 aliphatic heterocycles. The minimum absolute atomic E-state index is 0.196. The quantitative estimate of drug-likeness (QED) is 0.411. The van der Waals surface area contributed by atoms with Crippen LogP contribution in [0.2, 0.25) is 5.28 Å². The van der Waals surface area contributed by atoms with Crippen LogP contribution in [0.3, 0.4) is 0 Å². The van der Waals surface area contributed by atoms with Gasteiger partial charge in [0.15, 0.2) is 0 Å². The minimum Gasteiger partial charge on any atom is -0.339 e. The molecule has 0 aliphatic rings. The minimum atomic E-state index is -0.261. The van der Waals surface area contributed by atoms with Gasteiger partial charge in [-0.1, -0.05) is 37.3 Å². The lowest BCUT2D eigenvalue weighted by molar-refractivity contribution is 0.628. The van der Waals surface area contributed by atoms with Crippen LogP contribution in [0.1, 0.15) is 12.5 Å². The third-order valence-corrected chi connectivity index (χ3v) is 5.25. The molecule has 0 aliphatic carbocycles. The van der Waals surface area contributed by atoms with E-state index in [4.69, 9.17) is 11.6 Å². The number of hydrogen-bond acceptors (Lipinski definition) is 4. The molecule has 0 bridgehead atoms. The highest BCUT2D eigenvalue weighted by molar-refractivity contribution is 7.17. The summed E-state index contributed by atoms with van der Waals surface area (Å²) in [6.07, 6.45) is 0.902. The highest BCUT2D eigenvalue weighted by Crippen LogP contribution is 2.38. The van der Waals surface area contributed by atoms with Crippen LogP contribution in [0, 0.1) is 5.82 Å². The summed E-state index contributed by atoms with van der Waals surface area (Å²) in [6.45, 7) is 2.11. The Hall–Kier alpha value is -2.50. The summed E-state index contributed by atoms with van der Waals surface area (Å²) in [5, 5.41) is 6.49. The molecule has 4 aromatic rings. The first-order chi connectivity index (χ1) is 12.7. The fourth-order valence-electron chi connectivity index (χ4n) is 2.93. The molecule has 130 valence electrons. The molecule has 1 N–H and O–H groups in total. The van der Waals surface area contributed by atoms with Gasteiger partial charge >= 0.3 is 0 Å². The average Bonchev–Trinajstić information content (AvgIpc) is 3.06. The van der Waals surface area contributed by atoms with Crippen molar-refractivity contribution >= 4 is 44.7 Å². The highest BCUT2D eigenvalue weighted by atomic mass is 35.5. The molecule has 26 heavy (non-hydrogen) atoms. The Morgan fingerprint density at radius 3 is 2.62 bits per heavy atom. The van der Waals surface area contributed by atoms with E-state index in [-0.39, 0.29) is 11.1 Å². The molecule has 0 amide bonds. The summed E-state index contributed by atoms with van der Waals surface area (Å²) in [5.41, 5.74) is 4.05. The summed E-state index contributed by atoms with van der Waals surface area (Å²) in [4.78, 5) is 9.56. The second-order valence-electron chi connectivity index (χ2n) is 5.81. The number of aryl methyl sites for hydroxylation is 1. The van der Waals surface area contributed by atoms with E-state index in [1.807, 2.05) is 23.6 Å². The highest BCUT2D eigenvalue weighted by Gasteiger charge is 2.16. The zero-order chi connectivity index (χ0) is 18.1. The number of nitrogens with zero attached hydrogens (tertiary/aromatic N) is 2. The second kappa shape index (κ2) is 7.02. The lowest BCUT2D eigenvalue weighted by atomic mass is 10.1. The van der Waals surface area contributed by atoms with Crippen molar-refractivity contribution in [2.75, 3.05) is 5.32 Å². The third-order valence-electron chi connectivity index (χ3n) is 4.21. The molecule has 2 aromatic carbocycles. The number of thiophene rings is 1. The molecule has 0 unspecified atom stereocenters. The molecule has 0 saturated heterocycles. The number of para-hydroxylation sites is 1. The van der Waals surface area contributed by atoms with Crippen molar-refractivity contribution < 1.29 is 4.39 Å². The van der Waals surface area contributed by atoms with Gasteiger partial charge < -0.3 is 5.32 Å². The fraction of sp³-hybridized carbons (Fsp3) is 0.100. The Kier molecular flexibility index (Phi) is 4.57. The average molecular weight is 384 g/mol. The van der Waals surface area contributed by atoms with Crippen molar-refractivity contribution in [3.8, 4) is 11.1 Å². The van der Waals surface area contributed by atoms with Crippen molar-refractivity contribution in [3.63, 3.8) is 0 Å². The van der Waals surface area contributed by atoms with Crippen LogP contribution in [0.5, 0.6) is 0 Å². The van der Waals surface area contributed by atoms with Gasteiger partial charge in [0.25, 0.3) is 0 Å². The Balaban J connectivity index is 1.88. The Morgan fingerprint density at radius 1 is 1.08 bits per heavy atom. The summed E-state index contributed by atoms with van der Waals surface area (Å²) in [7, 11) is 0. The van der Waals surface area contributed by atoms with Gasteiger partial charge in [-0.05, 0) is 47.3 Å². The Morgan fingerprint density at radius 2 is 1.85 bits per heavy atom. The van der Waals surface area contributed by atoms with Crippen LogP contribution < -0.4 is 5.32 Å². The molecular formula is C20H15ClFN3S. The normalized spacial score (nSPS) is 11.0. The van der Waals surface area contributed by atoms with Gasteiger partial charge in [0.2, 0.25) is 5.28 Å². The van der Waals surface area contributed by atoms with Gasteiger partial charge in [-0.15, -0.1) is 11.3 Å².